The second kappa shape index (κ2) is 6.09. The van der Waals surface area contributed by atoms with Gasteiger partial charge in [0.1, 0.15) is 11.6 Å². The first-order valence-corrected chi connectivity index (χ1v) is 7.45. The number of benzene rings is 1. The van der Waals surface area contributed by atoms with E-state index < -0.39 is 5.82 Å². The molecule has 0 aliphatic heterocycles. The summed E-state index contributed by atoms with van der Waals surface area (Å²) in [5.41, 5.74) is 0.867. The number of rotatable bonds is 4. The molecule has 106 valence electrons. The van der Waals surface area contributed by atoms with E-state index in [4.69, 9.17) is 0 Å². The van der Waals surface area contributed by atoms with E-state index in [9.17, 15) is 9.18 Å². The van der Waals surface area contributed by atoms with E-state index in [1.807, 2.05) is 6.26 Å². The first-order valence-electron chi connectivity index (χ1n) is 6.16. The van der Waals surface area contributed by atoms with Gasteiger partial charge in [0.05, 0.1) is 10.9 Å². The van der Waals surface area contributed by atoms with Crippen LogP contribution in [0.5, 0.6) is 0 Å². The van der Waals surface area contributed by atoms with Gasteiger partial charge in [-0.05, 0) is 38.3 Å². The van der Waals surface area contributed by atoms with Crippen LogP contribution < -0.4 is 5.32 Å². The van der Waals surface area contributed by atoms with Crippen molar-refractivity contribution in [3.8, 4) is 5.69 Å². The standard InChI is InChI=1S/C14H16FN3OS/c1-9(20-3)14(19)17-11-4-5-13(12(15)8-11)18-7-6-16-10(18)2/h4-9H,1-3H3,(H,17,19)/t9-/m0/s1. The summed E-state index contributed by atoms with van der Waals surface area (Å²) < 4.78 is 15.8. The molecule has 0 unspecified atom stereocenters. The number of halogens is 1. The summed E-state index contributed by atoms with van der Waals surface area (Å²) in [4.78, 5) is 15.8. The molecular weight excluding hydrogens is 277 g/mol. The van der Waals surface area contributed by atoms with Crippen molar-refractivity contribution in [2.24, 2.45) is 0 Å². The molecule has 1 aromatic heterocycles. The van der Waals surface area contributed by atoms with Crippen molar-refractivity contribution < 1.29 is 9.18 Å². The number of imidazole rings is 1. The summed E-state index contributed by atoms with van der Waals surface area (Å²) in [7, 11) is 0. The number of carbonyl (C=O) groups excluding carboxylic acids is 1. The van der Waals surface area contributed by atoms with Gasteiger partial charge in [0, 0.05) is 18.1 Å². The number of hydrogen-bond acceptors (Lipinski definition) is 3. The Kier molecular flexibility index (Phi) is 4.44. The molecule has 6 heteroatoms. The Morgan fingerprint density at radius 1 is 1.50 bits per heavy atom. The van der Waals surface area contributed by atoms with Crippen LogP contribution in [-0.2, 0) is 4.79 Å². The van der Waals surface area contributed by atoms with Gasteiger partial charge in [0.2, 0.25) is 5.91 Å². The molecule has 0 spiro atoms. The van der Waals surface area contributed by atoms with Crippen molar-refractivity contribution in [1.29, 1.82) is 0 Å². The zero-order chi connectivity index (χ0) is 14.7. The molecular formula is C14H16FN3OS. The smallest absolute Gasteiger partial charge is 0.237 e. The fraction of sp³-hybridized carbons (Fsp3) is 0.286. The summed E-state index contributed by atoms with van der Waals surface area (Å²) in [5, 5.41) is 2.52. The van der Waals surface area contributed by atoms with E-state index in [1.165, 1.54) is 17.8 Å². The number of aromatic nitrogens is 2. The molecule has 1 heterocycles. The minimum atomic E-state index is -0.402. The van der Waals surface area contributed by atoms with Crippen LogP contribution in [0.2, 0.25) is 0 Å². The Bertz CT molecular complexity index is 627. The molecule has 0 saturated carbocycles. The summed E-state index contributed by atoms with van der Waals surface area (Å²) in [5.74, 6) is 0.167. The number of carbonyl (C=O) groups is 1. The molecule has 1 aromatic carbocycles. The molecule has 1 atom stereocenters. The van der Waals surface area contributed by atoms with Crippen molar-refractivity contribution in [2.75, 3.05) is 11.6 Å². The maximum absolute atomic E-state index is 14.1. The van der Waals surface area contributed by atoms with Crippen LogP contribution in [0.3, 0.4) is 0 Å². The molecule has 1 N–H and O–H groups in total. The summed E-state index contributed by atoms with van der Waals surface area (Å²) >= 11 is 1.44. The number of thioether (sulfide) groups is 1. The third-order valence-corrected chi connectivity index (χ3v) is 3.94. The van der Waals surface area contributed by atoms with E-state index in [1.54, 1.807) is 42.9 Å². The van der Waals surface area contributed by atoms with Crippen LogP contribution in [-0.4, -0.2) is 27.0 Å². The molecule has 1 amide bonds. The molecule has 4 nitrogen and oxygen atoms in total. The summed E-state index contributed by atoms with van der Waals surface area (Å²) in [6, 6.07) is 4.63. The second-order valence-corrected chi connectivity index (χ2v) is 5.56. The Labute approximate surface area is 121 Å². The molecule has 2 aromatic rings. The molecule has 0 bridgehead atoms. The largest absolute Gasteiger partial charge is 0.325 e. The third kappa shape index (κ3) is 3.01. The molecule has 0 radical (unpaired) electrons. The predicted molar refractivity (Wildman–Crippen MR) is 79.9 cm³/mol. The van der Waals surface area contributed by atoms with Gasteiger partial charge >= 0.3 is 0 Å². The topological polar surface area (TPSA) is 46.9 Å². The maximum Gasteiger partial charge on any atom is 0.237 e. The van der Waals surface area contributed by atoms with Gasteiger partial charge in [-0.25, -0.2) is 9.37 Å². The van der Waals surface area contributed by atoms with Crippen LogP contribution in [0.1, 0.15) is 12.7 Å². The second-order valence-electron chi connectivity index (χ2n) is 4.38. The minimum absolute atomic E-state index is 0.136. The van der Waals surface area contributed by atoms with Crippen molar-refractivity contribution >= 4 is 23.4 Å². The first kappa shape index (κ1) is 14.6. The highest BCUT2D eigenvalue weighted by atomic mass is 32.2. The molecule has 0 aliphatic carbocycles. The van der Waals surface area contributed by atoms with E-state index in [0.717, 1.165) is 0 Å². The number of amides is 1. The first-order chi connectivity index (χ1) is 9.52. The predicted octanol–water partition coefficient (Wildman–Crippen LogP) is 3.01. The van der Waals surface area contributed by atoms with Gasteiger partial charge in [0.15, 0.2) is 0 Å². The van der Waals surface area contributed by atoms with E-state index >= 15 is 0 Å². The monoisotopic (exact) mass is 293 g/mol. The van der Waals surface area contributed by atoms with E-state index in [0.29, 0.717) is 17.2 Å². The van der Waals surface area contributed by atoms with Crippen molar-refractivity contribution in [3.63, 3.8) is 0 Å². The van der Waals surface area contributed by atoms with Crippen LogP contribution in [0.25, 0.3) is 5.69 Å². The lowest BCUT2D eigenvalue weighted by Gasteiger charge is -2.12. The van der Waals surface area contributed by atoms with Crippen LogP contribution in [0.4, 0.5) is 10.1 Å². The zero-order valence-corrected chi connectivity index (χ0v) is 12.4. The fourth-order valence-corrected chi connectivity index (χ4v) is 2.04. The average molecular weight is 293 g/mol. The van der Waals surface area contributed by atoms with Crippen molar-refractivity contribution in [3.05, 3.63) is 42.2 Å². The van der Waals surface area contributed by atoms with E-state index in [2.05, 4.69) is 10.3 Å². The van der Waals surface area contributed by atoms with Gasteiger partial charge in [0.25, 0.3) is 0 Å². The highest BCUT2D eigenvalue weighted by molar-refractivity contribution is 7.99. The maximum atomic E-state index is 14.1. The lowest BCUT2D eigenvalue weighted by atomic mass is 10.2. The third-order valence-electron chi connectivity index (χ3n) is 3.02. The van der Waals surface area contributed by atoms with Gasteiger partial charge in [-0.1, -0.05) is 0 Å². The van der Waals surface area contributed by atoms with Gasteiger partial charge in [-0.2, -0.15) is 11.8 Å². The molecule has 0 aliphatic rings. The van der Waals surface area contributed by atoms with Crippen LogP contribution in [0.15, 0.2) is 30.6 Å². The summed E-state index contributed by atoms with van der Waals surface area (Å²) in [6.07, 6.45) is 5.17. The zero-order valence-electron chi connectivity index (χ0n) is 11.6. The normalized spacial score (nSPS) is 12.2. The van der Waals surface area contributed by atoms with Gasteiger partial charge in [-0.3, -0.25) is 4.79 Å². The molecule has 0 saturated heterocycles. The average Bonchev–Trinajstić information content (AvgIpc) is 2.84. The van der Waals surface area contributed by atoms with Crippen molar-refractivity contribution in [2.45, 2.75) is 19.1 Å². The quantitative estimate of drug-likeness (QED) is 0.942. The SMILES string of the molecule is CS[C@@H](C)C(=O)Nc1ccc(-n2ccnc2C)c(F)c1. The summed E-state index contributed by atoms with van der Waals surface area (Å²) in [6.45, 7) is 3.61. The van der Waals surface area contributed by atoms with Crippen LogP contribution >= 0.6 is 11.8 Å². The van der Waals surface area contributed by atoms with Gasteiger partial charge < -0.3 is 9.88 Å². The molecule has 2 rings (SSSR count). The lowest BCUT2D eigenvalue weighted by molar-refractivity contribution is -0.115. The Balaban J connectivity index is 2.23. The highest BCUT2D eigenvalue weighted by Crippen LogP contribution is 2.20. The number of anilines is 1. The van der Waals surface area contributed by atoms with Crippen LogP contribution in [0, 0.1) is 12.7 Å². The Morgan fingerprint density at radius 2 is 2.25 bits per heavy atom. The molecule has 0 fully saturated rings. The number of nitrogens with one attached hydrogen (secondary N) is 1. The van der Waals surface area contributed by atoms with Gasteiger partial charge in [-0.15, -0.1) is 0 Å². The number of aryl methyl sites for hydroxylation is 1. The minimum Gasteiger partial charge on any atom is -0.325 e. The Hall–Kier alpha value is -1.82. The van der Waals surface area contributed by atoms with E-state index in [-0.39, 0.29) is 11.2 Å². The van der Waals surface area contributed by atoms with Crippen molar-refractivity contribution in [1.82, 2.24) is 9.55 Å². The highest BCUT2D eigenvalue weighted by Gasteiger charge is 2.13. The number of nitrogens with zero attached hydrogens (tertiary/aromatic N) is 2. The number of hydrogen-bond donors (Lipinski definition) is 1. The fourth-order valence-electron chi connectivity index (χ4n) is 1.76. The Morgan fingerprint density at radius 3 is 2.80 bits per heavy atom. The lowest BCUT2D eigenvalue weighted by Crippen LogP contribution is -2.22. The molecule has 20 heavy (non-hydrogen) atoms.